The number of para-hydroxylation sites is 1. The van der Waals surface area contributed by atoms with Crippen molar-refractivity contribution >= 4 is 17.3 Å². The number of halogens is 4. The molecule has 1 aromatic heterocycles. The van der Waals surface area contributed by atoms with E-state index in [-0.39, 0.29) is 18.9 Å². The molecule has 120 valence electrons. The molecular weight excluding hydrogens is 314 g/mol. The predicted molar refractivity (Wildman–Crippen MR) is 74.9 cm³/mol. The van der Waals surface area contributed by atoms with E-state index in [2.05, 4.69) is 10.3 Å². The third-order valence-electron chi connectivity index (χ3n) is 3.54. The zero-order valence-electron chi connectivity index (χ0n) is 11.7. The quantitative estimate of drug-likeness (QED) is 0.697. The summed E-state index contributed by atoms with van der Waals surface area (Å²) in [6.45, 7) is 0.118. The minimum atomic E-state index is -1.74. The summed E-state index contributed by atoms with van der Waals surface area (Å²) in [5.41, 5.74) is -0.322. The molecule has 1 aliphatic rings. The molecule has 3 rings (SSSR count). The number of nitrogens with zero attached hydrogens (tertiary/aromatic N) is 2. The highest BCUT2D eigenvalue weighted by Crippen LogP contribution is 2.27. The van der Waals surface area contributed by atoms with Crippen molar-refractivity contribution in [1.29, 1.82) is 0 Å². The Bertz CT molecular complexity index is 728. The first-order valence-electron chi connectivity index (χ1n) is 6.79. The largest absolute Gasteiger partial charge is 0.375 e. The smallest absolute Gasteiger partial charge is 0.253 e. The second kappa shape index (κ2) is 5.86. The number of carbonyl (C=O) groups excluding carboxylic acids is 1. The van der Waals surface area contributed by atoms with E-state index in [4.69, 9.17) is 0 Å². The van der Waals surface area contributed by atoms with E-state index in [1.165, 1.54) is 4.90 Å². The molecule has 8 heteroatoms. The van der Waals surface area contributed by atoms with Gasteiger partial charge in [-0.05, 0) is 12.1 Å². The number of pyridine rings is 1. The monoisotopic (exact) mass is 325 g/mol. The van der Waals surface area contributed by atoms with Gasteiger partial charge in [-0.15, -0.1) is 0 Å². The van der Waals surface area contributed by atoms with Crippen molar-refractivity contribution in [1.82, 2.24) is 4.98 Å². The number of amides is 1. The van der Waals surface area contributed by atoms with Crippen LogP contribution in [-0.2, 0) is 4.79 Å². The lowest BCUT2D eigenvalue weighted by molar-refractivity contribution is -0.117. The van der Waals surface area contributed by atoms with E-state index in [9.17, 15) is 22.4 Å². The molecule has 2 heterocycles. The summed E-state index contributed by atoms with van der Waals surface area (Å²) in [5.74, 6) is -6.97. The van der Waals surface area contributed by atoms with Gasteiger partial charge in [-0.1, -0.05) is 18.2 Å². The van der Waals surface area contributed by atoms with Crippen LogP contribution in [0.2, 0.25) is 0 Å². The van der Waals surface area contributed by atoms with Crippen molar-refractivity contribution in [2.45, 2.75) is 12.5 Å². The van der Waals surface area contributed by atoms with Gasteiger partial charge in [0.2, 0.25) is 17.5 Å². The van der Waals surface area contributed by atoms with Crippen molar-refractivity contribution in [3.8, 4) is 0 Å². The predicted octanol–water partition coefficient (Wildman–Crippen LogP) is 2.86. The summed E-state index contributed by atoms with van der Waals surface area (Å²) in [6, 6.07) is 8.02. The molecule has 1 saturated heterocycles. The van der Waals surface area contributed by atoms with Gasteiger partial charge in [0.1, 0.15) is 5.69 Å². The molecule has 1 aromatic carbocycles. The standard InChI is InChI=1S/C15H11F4N3O/c16-11-13(12(17)15(19)21-14(11)18)20-8-6-10(23)22(7-8)9-4-2-1-3-5-9/h1-5,8H,6-7H2,(H,20,21). The lowest BCUT2D eigenvalue weighted by Crippen LogP contribution is -2.28. The fraction of sp³-hybridized carbons (Fsp3) is 0.200. The van der Waals surface area contributed by atoms with Gasteiger partial charge in [0.05, 0.1) is 6.04 Å². The Labute approximate surface area is 128 Å². The summed E-state index contributed by atoms with van der Waals surface area (Å²) in [6.07, 6.45) is -0.0562. The topological polar surface area (TPSA) is 45.2 Å². The number of anilines is 2. The third kappa shape index (κ3) is 2.84. The Morgan fingerprint density at radius 3 is 2.26 bits per heavy atom. The fourth-order valence-electron chi connectivity index (χ4n) is 2.48. The highest BCUT2D eigenvalue weighted by molar-refractivity contribution is 5.96. The summed E-state index contributed by atoms with van der Waals surface area (Å²) in [4.78, 5) is 15.9. The van der Waals surface area contributed by atoms with Gasteiger partial charge >= 0.3 is 0 Å². The normalized spacial score (nSPS) is 17.7. The Kier molecular flexibility index (Phi) is 3.89. The molecule has 0 radical (unpaired) electrons. The van der Waals surface area contributed by atoms with Gasteiger partial charge in [0.25, 0.3) is 11.9 Å². The molecule has 0 aliphatic carbocycles. The Balaban J connectivity index is 1.82. The summed E-state index contributed by atoms with van der Waals surface area (Å²) in [5, 5.41) is 2.36. The van der Waals surface area contributed by atoms with E-state index in [1.54, 1.807) is 30.3 Å². The molecule has 4 nitrogen and oxygen atoms in total. The minimum Gasteiger partial charge on any atom is -0.375 e. The molecule has 2 aromatic rings. The van der Waals surface area contributed by atoms with Crippen LogP contribution < -0.4 is 10.2 Å². The Morgan fingerprint density at radius 1 is 1.04 bits per heavy atom. The molecule has 1 unspecified atom stereocenters. The maximum Gasteiger partial charge on any atom is 0.253 e. The van der Waals surface area contributed by atoms with Crippen molar-refractivity contribution < 1.29 is 22.4 Å². The van der Waals surface area contributed by atoms with Crippen molar-refractivity contribution in [2.24, 2.45) is 0 Å². The fourth-order valence-corrected chi connectivity index (χ4v) is 2.48. The molecular formula is C15H11F4N3O. The number of hydrogen-bond acceptors (Lipinski definition) is 3. The van der Waals surface area contributed by atoms with Crippen molar-refractivity contribution in [3.63, 3.8) is 0 Å². The van der Waals surface area contributed by atoms with Crippen LogP contribution >= 0.6 is 0 Å². The first-order valence-corrected chi connectivity index (χ1v) is 6.79. The van der Waals surface area contributed by atoms with E-state index >= 15 is 0 Å². The molecule has 1 atom stereocenters. The average molecular weight is 325 g/mol. The van der Waals surface area contributed by atoms with Crippen LogP contribution in [-0.4, -0.2) is 23.5 Å². The number of carbonyl (C=O) groups is 1. The number of rotatable bonds is 3. The van der Waals surface area contributed by atoms with Crippen molar-refractivity contribution in [2.75, 3.05) is 16.8 Å². The van der Waals surface area contributed by atoms with E-state index < -0.39 is 35.3 Å². The summed E-state index contributed by atoms with van der Waals surface area (Å²) < 4.78 is 53.4. The van der Waals surface area contributed by atoms with Crippen LogP contribution in [0.3, 0.4) is 0 Å². The van der Waals surface area contributed by atoms with Gasteiger partial charge < -0.3 is 10.2 Å². The molecule has 0 spiro atoms. The molecule has 0 saturated carbocycles. The van der Waals surface area contributed by atoms with Crippen LogP contribution in [0.5, 0.6) is 0 Å². The van der Waals surface area contributed by atoms with Crippen LogP contribution in [0.1, 0.15) is 6.42 Å². The first-order chi connectivity index (χ1) is 11.0. The summed E-state index contributed by atoms with van der Waals surface area (Å²) >= 11 is 0. The second-order valence-electron chi connectivity index (χ2n) is 5.08. The van der Waals surface area contributed by atoms with Crippen molar-refractivity contribution in [3.05, 3.63) is 53.9 Å². The van der Waals surface area contributed by atoms with Gasteiger partial charge in [0.15, 0.2) is 0 Å². The maximum absolute atomic E-state index is 13.6. The first kappa shape index (κ1) is 15.3. The lowest BCUT2D eigenvalue weighted by Gasteiger charge is -2.18. The SMILES string of the molecule is O=C1CC(Nc2c(F)c(F)nc(F)c2F)CN1c1ccccc1. The lowest BCUT2D eigenvalue weighted by atomic mass is 10.2. The molecule has 1 fully saturated rings. The summed E-state index contributed by atoms with van der Waals surface area (Å²) in [7, 11) is 0. The average Bonchev–Trinajstić information content (AvgIpc) is 2.91. The number of aromatic nitrogens is 1. The Morgan fingerprint density at radius 2 is 1.65 bits per heavy atom. The Hall–Kier alpha value is -2.64. The molecule has 1 N–H and O–H groups in total. The van der Waals surface area contributed by atoms with Gasteiger partial charge in [-0.3, -0.25) is 4.79 Å². The zero-order chi connectivity index (χ0) is 16.6. The van der Waals surface area contributed by atoms with Gasteiger partial charge in [-0.25, -0.2) is 0 Å². The maximum atomic E-state index is 13.6. The van der Waals surface area contributed by atoms with Gasteiger partial charge in [-0.2, -0.15) is 22.5 Å². The molecule has 23 heavy (non-hydrogen) atoms. The number of nitrogens with one attached hydrogen (secondary N) is 1. The molecule has 1 amide bonds. The van der Waals surface area contributed by atoms with E-state index in [0.29, 0.717) is 5.69 Å². The van der Waals surface area contributed by atoms with E-state index in [1.807, 2.05) is 0 Å². The van der Waals surface area contributed by atoms with Crippen LogP contribution in [0.15, 0.2) is 30.3 Å². The highest BCUT2D eigenvalue weighted by atomic mass is 19.2. The highest BCUT2D eigenvalue weighted by Gasteiger charge is 2.32. The zero-order valence-corrected chi connectivity index (χ0v) is 11.7. The second-order valence-corrected chi connectivity index (χ2v) is 5.08. The third-order valence-corrected chi connectivity index (χ3v) is 3.54. The van der Waals surface area contributed by atoms with Crippen LogP contribution in [0, 0.1) is 23.5 Å². The van der Waals surface area contributed by atoms with E-state index in [0.717, 1.165) is 0 Å². The number of benzene rings is 1. The molecule has 1 aliphatic heterocycles. The number of hydrogen-bond donors (Lipinski definition) is 1. The minimum absolute atomic E-state index is 0.0562. The van der Waals surface area contributed by atoms with Gasteiger partial charge in [0, 0.05) is 18.7 Å². The van der Waals surface area contributed by atoms with Crippen LogP contribution in [0.4, 0.5) is 28.9 Å². The molecule has 0 bridgehead atoms. The van der Waals surface area contributed by atoms with Crippen LogP contribution in [0.25, 0.3) is 0 Å².